The monoisotopic (exact) mass is 319 g/mol. The first-order valence-corrected chi connectivity index (χ1v) is 8.29. The van der Waals surface area contributed by atoms with Crippen molar-refractivity contribution in [1.29, 1.82) is 0 Å². The van der Waals surface area contributed by atoms with E-state index < -0.39 is 0 Å². The first-order chi connectivity index (χ1) is 11.7. The van der Waals surface area contributed by atoms with Crippen LogP contribution in [0.3, 0.4) is 0 Å². The van der Waals surface area contributed by atoms with Gasteiger partial charge >= 0.3 is 0 Å². The van der Waals surface area contributed by atoms with Crippen molar-refractivity contribution < 1.29 is 4.79 Å². The average Bonchev–Trinajstić information content (AvgIpc) is 3.11. The molecule has 0 atom stereocenters. The van der Waals surface area contributed by atoms with Crippen molar-refractivity contribution in [2.75, 3.05) is 13.1 Å². The first-order valence-electron chi connectivity index (χ1n) is 8.29. The normalized spacial score (nSPS) is 17.7. The van der Waals surface area contributed by atoms with Gasteiger partial charge in [-0.2, -0.15) is 0 Å². The number of nitrogens with zero attached hydrogens (tertiary/aromatic N) is 4. The molecule has 6 heteroatoms. The predicted molar refractivity (Wildman–Crippen MR) is 91.2 cm³/mol. The quantitative estimate of drug-likeness (QED) is 0.787. The SMILES string of the molecule is Cc1nc(C2=CCN(C(=O)C3CC3)C2)c2c(cnc3nccc32)[nH]1. The van der Waals surface area contributed by atoms with Gasteiger partial charge in [0.2, 0.25) is 5.91 Å². The number of H-pyrrole nitrogens is 1. The van der Waals surface area contributed by atoms with E-state index in [9.17, 15) is 4.79 Å². The number of carbonyl (C=O) groups excluding carboxylic acids is 1. The molecular formula is C18H17N5O. The highest BCUT2D eigenvalue weighted by atomic mass is 16.2. The van der Waals surface area contributed by atoms with Crippen LogP contribution in [0.4, 0.5) is 0 Å². The van der Waals surface area contributed by atoms with Gasteiger partial charge in [-0.15, -0.1) is 0 Å². The lowest BCUT2D eigenvalue weighted by Gasteiger charge is -2.16. The Morgan fingerprint density at radius 1 is 1.33 bits per heavy atom. The molecule has 1 aliphatic carbocycles. The fraction of sp³-hybridized carbons (Fsp3) is 0.333. The maximum atomic E-state index is 12.3. The van der Waals surface area contributed by atoms with Gasteiger partial charge in [0.05, 0.1) is 17.4 Å². The van der Waals surface area contributed by atoms with Gasteiger partial charge < -0.3 is 9.88 Å². The van der Waals surface area contributed by atoms with Crippen LogP contribution in [0.25, 0.3) is 27.5 Å². The fourth-order valence-corrected chi connectivity index (χ4v) is 3.47. The summed E-state index contributed by atoms with van der Waals surface area (Å²) in [7, 11) is 0. The summed E-state index contributed by atoms with van der Waals surface area (Å²) >= 11 is 0. The van der Waals surface area contributed by atoms with Gasteiger partial charge in [0.1, 0.15) is 5.82 Å². The highest BCUT2D eigenvalue weighted by molar-refractivity contribution is 6.08. The minimum atomic E-state index is 0.253. The van der Waals surface area contributed by atoms with E-state index in [1.54, 1.807) is 6.20 Å². The number of rotatable bonds is 2. The molecule has 0 aromatic carbocycles. The average molecular weight is 319 g/mol. The number of aromatic nitrogens is 4. The van der Waals surface area contributed by atoms with Crippen molar-refractivity contribution in [2.24, 2.45) is 5.92 Å². The number of hydrogen-bond acceptors (Lipinski definition) is 4. The molecule has 3 aromatic rings. The minimum Gasteiger partial charge on any atom is -0.342 e. The van der Waals surface area contributed by atoms with Gasteiger partial charge in [-0.25, -0.2) is 15.0 Å². The minimum absolute atomic E-state index is 0.253. The lowest BCUT2D eigenvalue weighted by Crippen LogP contribution is -2.30. The van der Waals surface area contributed by atoms with Gasteiger partial charge in [0.25, 0.3) is 0 Å². The van der Waals surface area contributed by atoms with Crippen molar-refractivity contribution in [1.82, 2.24) is 24.8 Å². The van der Waals surface area contributed by atoms with Crippen molar-refractivity contribution >= 4 is 33.4 Å². The highest BCUT2D eigenvalue weighted by Gasteiger charge is 2.35. The Morgan fingerprint density at radius 2 is 2.21 bits per heavy atom. The molecule has 0 bridgehead atoms. The Kier molecular flexibility index (Phi) is 2.77. The molecule has 0 spiro atoms. The van der Waals surface area contributed by atoms with E-state index >= 15 is 0 Å². The summed E-state index contributed by atoms with van der Waals surface area (Å²) in [4.78, 5) is 31.0. The largest absolute Gasteiger partial charge is 0.342 e. The van der Waals surface area contributed by atoms with E-state index in [4.69, 9.17) is 4.98 Å². The third-order valence-electron chi connectivity index (χ3n) is 4.83. The number of amides is 1. The van der Waals surface area contributed by atoms with Crippen LogP contribution in [0.2, 0.25) is 0 Å². The number of pyridine rings is 1. The van der Waals surface area contributed by atoms with Crippen molar-refractivity contribution in [2.45, 2.75) is 19.8 Å². The Labute approximate surface area is 138 Å². The number of aromatic amines is 1. The van der Waals surface area contributed by atoms with Crippen LogP contribution in [0.1, 0.15) is 24.4 Å². The van der Waals surface area contributed by atoms with Gasteiger partial charge in [0.15, 0.2) is 5.65 Å². The molecule has 1 amide bonds. The number of fused-ring (bicyclic) bond motifs is 3. The van der Waals surface area contributed by atoms with E-state index in [0.717, 1.165) is 51.9 Å². The molecule has 0 saturated heterocycles. The molecule has 1 N–H and O–H groups in total. The molecule has 2 aliphatic rings. The van der Waals surface area contributed by atoms with Crippen LogP contribution in [0.15, 0.2) is 24.5 Å². The van der Waals surface area contributed by atoms with Crippen LogP contribution in [-0.2, 0) is 4.79 Å². The maximum Gasteiger partial charge on any atom is 0.226 e. The van der Waals surface area contributed by atoms with Crippen molar-refractivity contribution in [3.8, 4) is 0 Å². The lowest BCUT2D eigenvalue weighted by atomic mass is 10.1. The fourth-order valence-electron chi connectivity index (χ4n) is 3.47. The Bertz CT molecular complexity index is 1010. The molecule has 1 aliphatic heterocycles. The summed E-state index contributed by atoms with van der Waals surface area (Å²) in [5.41, 5.74) is 3.73. The zero-order valence-corrected chi connectivity index (χ0v) is 13.4. The predicted octanol–water partition coefficient (Wildman–Crippen LogP) is 2.45. The molecule has 120 valence electrons. The molecule has 0 radical (unpaired) electrons. The second-order valence-electron chi connectivity index (χ2n) is 6.62. The molecule has 0 unspecified atom stereocenters. The standard InChI is InChI=1S/C18H17N5O/c1-10-21-14-8-20-17-13(4-6-19-17)15(14)16(22-10)12-5-7-23(9-12)18(24)11-2-3-11/h4-6,8,11H,2-3,7,9H2,1H3,(H,21,22). The maximum absolute atomic E-state index is 12.3. The third-order valence-corrected chi connectivity index (χ3v) is 4.83. The summed E-state index contributed by atoms with van der Waals surface area (Å²) in [6.07, 6.45) is 7.79. The number of hydrogen-bond donors (Lipinski definition) is 1. The van der Waals surface area contributed by atoms with E-state index in [1.165, 1.54) is 0 Å². The van der Waals surface area contributed by atoms with Crippen LogP contribution in [0.5, 0.6) is 0 Å². The number of aryl methyl sites for hydroxylation is 1. The second kappa shape index (κ2) is 4.87. The Balaban J connectivity index is 1.63. The van der Waals surface area contributed by atoms with Crippen LogP contribution < -0.4 is 0 Å². The molecule has 6 nitrogen and oxygen atoms in total. The lowest BCUT2D eigenvalue weighted by molar-refractivity contribution is -0.131. The molecular weight excluding hydrogens is 302 g/mol. The molecule has 4 heterocycles. The summed E-state index contributed by atoms with van der Waals surface area (Å²) in [5.74, 6) is 1.38. The second-order valence-corrected chi connectivity index (χ2v) is 6.62. The van der Waals surface area contributed by atoms with Gasteiger partial charge in [-0.3, -0.25) is 4.79 Å². The summed E-state index contributed by atoms with van der Waals surface area (Å²) in [6, 6.07) is 1.97. The molecule has 24 heavy (non-hydrogen) atoms. The van der Waals surface area contributed by atoms with E-state index in [-0.39, 0.29) is 11.8 Å². The summed E-state index contributed by atoms with van der Waals surface area (Å²) in [5, 5.41) is 2.04. The van der Waals surface area contributed by atoms with E-state index in [1.807, 2.05) is 24.1 Å². The molecule has 1 saturated carbocycles. The first kappa shape index (κ1) is 13.7. The zero-order chi connectivity index (χ0) is 16.3. The van der Waals surface area contributed by atoms with Crippen LogP contribution in [0, 0.1) is 12.8 Å². The zero-order valence-electron chi connectivity index (χ0n) is 13.4. The highest BCUT2D eigenvalue weighted by Crippen LogP contribution is 2.35. The Hall–Kier alpha value is -2.76. The molecule has 3 aromatic heterocycles. The van der Waals surface area contributed by atoms with Crippen molar-refractivity contribution in [3.63, 3.8) is 0 Å². The Morgan fingerprint density at radius 3 is 3.04 bits per heavy atom. The van der Waals surface area contributed by atoms with Crippen LogP contribution in [-0.4, -0.2) is 43.8 Å². The van der Waals surface area contributed by atoms with E-state index in [0.29, 0.717) is 13.1 Å². The number of nitrogens with one attached hydrogen (secondary N) is 1. The molecule has 1 fully saturated rings. The number of carbonyl (C=O) groups is 1. The van der Waals surface area contributed by atoms with Crippen molar-refractivity contribution in [3.05, 3.63) is 36.1 Å². The van der Waals surface area contributed by atoms with E-state index in [2.05, 4.69) is 21.0 Å². The smallest absolute Gasteiger partial charge is 0.226 e. The van der Waals surface area contributed by atoms with Gasteiger partial charge in [-0.1, -0.05) is 6.08 Å². The topological polar surface area (TPSA) is 74.8 Å². The van der Waals surface area contributed by atoms with Gasteiger partial charge in [-0.05, 0) is 31.4 Å². The molecule has 5 rings (SSSR count). The summed E-state index contributed by atoms with van der Waals surface area (Å²) < 4.78 is 0. The summed E-state index contributed by atoms with van der Waals surface area (Å²) in [6.45, 7) is 3.26. The van der Waals surface area contributed by atoms with Crippen LogP contribution >= 0.6 is 0 Å². The third kappa shape index (κ3) is 2.02. The van der Waals surface area contributed by atoms with Gasteiger partial charge in [0, 0.05) is 36.0 Å².